The van der Waals surface area contributed by atoms with E-state index in [1.165, 1.54) is 51.4 Å². The summed E-state index contributed by atoms with van der Waals surface area (Å²) in [7, 11) is 0. The van der Waals surface area contributed by atoms with E-state index in [2.05, 4.69) is 13.8 Å². The minimum atomic E-state index is 0.361. The summed E-state index contributed by atoms with van der Waals surface area (Å²) in [6.07, 6.45) is 12.1. The zero-order chi connectivity index (χ0) is 10.6. The number of hydrogen-bond donors (Lipinski definition) is 1. The molecule has 0 aromatic carbocycles. The molecule has 1 nitrogen and oxygen atoms in total. The zero-order valence-electron chi connectivity index (χ0n) is 10.1. The average Bonchev–Trinajstić information content (AvgIpc) is 2.21. The first kappa shape index (κ1) is 14.0. The molecule has 1 N–H and O–H groups in total. The topological polar surface area (TPSA) is 20.2 Å². The van der Waals surface area contributed by atoms with Crippen LogP contribution in [0, 0.1) is 5.92 Å². The predicted octanol–water partition coefficient (Wildman–Crippen LogP) is 4.15. The summed E-state index contributed by atoms with van der Waals surface area (Å²) in [6, 6.07) is 0. The van der Waals surface area contributed by atoms with Crippen LogP contribution in [0.1, 0.15) is 71.6 Å². The van der Waals surface area contributed by atoms with Gasteiger partial charge < -0.3 is 5.11 Å². The Balaban J connectivity index is 0.000000241. The van der Waals surface area contributed by atoms with E-state index in [0.717, 1.165) is 12.3 Å². The molecule has 0 aromatic rings. The number of aliphatic hydroxyl groups is 1. The second-order valence-electron chi connectivity index (χ2n) is 4.53. The molecule has 14 heavy (non-hydrogen) atoms. The van der Waals surface area contributed by atoms with Crippen molar-refractivity contribution in [3.63, 3.8) is 0 Å². The van der Waals surface area contributed by atoms with Crippen LogP contribution in [0.2, 0.25) is 0 Å². The minimum Gasteiger partial charge on any atom is -0.396 e. The van der Waals surface area contributed by atoms with Gasteiger partial charge in [-0.2, -0.15) is 0 Å². The van der Waals surface area contributed by atoms with Gasteiger partial charge in [0.05, 0.1) is 0 Å². The molecule has 0 spiro atoms. The van der Waals surface area contributed by atoms with Gasteiger partial charge in [0, 0.05) is 6.61 Å². The molecule has 0 radical (unpaired) electrons. The molecule has 0 atom stereocenters. The Kier molecular flexibility index (Phi) is 11.0. The van der Waals surface area contributed by atoms with E-state index in [1.54, 1.807) is 0 Å². The van der Waals surface area contributed by atoms with Gasteiger partial charge in [0.1, 0.15) is 0 Å². The summed E-state index contributed by atoms with van der Waals surface area (Å²) in [5, 5.41) is 8.29. The summed E-state index contributed by atoms with van der Waals surface area (Å²) in [6.45, 7) is 4.89. The highest BCUT2D eigenvalue weighted by Crippen LogP contribution is 2.22. The largest absolute Gasteiger partial charge is 0.396 e. The molecule has 0 saturated heterocycles. The van der Waals surface area contributed by atoms with Crippen molar-refractivity contribution in [2.75, 3.05) is 6.61 Å². The molecule has 0 amide bonds. The molecule has 1 fully saturated rings. The number of rotatable bonds is 4. The van der Waals surface area contributed by atoms with Crippen molar-refractivity contribution in [1.29, 1.82) is 0 Å². The lowest BCUT2D eigenvalue weighted by atomic mass is 9.91. The highest BCUT2D eigenvalue weighted by molar-refractivity contribution is 4.59. The van der Waals surface area contributed by atoms with Crippen LogP contribution in [0.3, 0.4) is 0 Å². The van der Waals surface area contributed by atoms with E-state index in [4.69, 9.17) is 5.11 Å². The van der Waals surface area contributed by atoms with Gasteiger partial charge in [-0.25, -0.2) is 0 Å². The third-order valence-electron chi connectivity index (χ3n) is 2.91. The maximum absolute atomic E-state index is 8.29. The molecular formula is C13H28O. The van der Waals surface area contributed by atoms with Crippen molar-refractivity contribution < 1.29 is 5.11 Å². The SMILES string of the molecule is CC1CCCCC1.CCCCCCO. The van der Waals surface area contributed by atoms with E-state index >= 15 is 0 Å². The van der Waals surface area contributed by atoms with E-state index < -0.39 is 0 Å². The maximum Gasteiger partial charge on any atom is 0.0431 e. The third kappa shape index (κ3) is 10.0. The van der Waals surface area contributed by atoms with Gasteiger partial charge in [-0.3, -0.25) is 0 Å². The summed E-state index contributed by atoms with van der Waals surface area (Å²) in [5.74, 6) is 1.04. The molecule has 0 heterocycles. The van der Waals surface area contributed by atoms with Crippen LogP contribution in [0.4, 0.5) is 0 Å². The molecule has 86 valence electrons. The molecule has 0 aliphatic heterocycles. The molecule has 0 bridgehead atoms. The van der Waals surface area contributed by atoms with Crippen molar-refractivity contribution >= 4 is 0 Å². The smallest absolute Gasteiger partial charge is 0.0431 e. The van der Waals surface area contributed by atoms with Gasteiger partial charge in [-0.15, -0.1) is 0 Å². The minimum absolute atomic E-state index is 0.361. The number of hydrogen-bond acceptors (Lipinski definition) is 1. The maximum atomic E-state index is 8.29. The standard InChI is InChI=1S/C7H14.C6H14O/c1-7-5-3-2-4-6-7;1-2-3-4-5-6-7/h2*7H,2-6H2,1H3. The van der Waals surface area contributed by atoms with Crippen LogP contribution in [-0.4, -0.2) is 11.7 Å². The van der Waals surface area contributed by atoms with Crippen LogP contribution >= 0.6 is 0 Å². The molecule has 1 aliphatic rings. The molecule has 1 aliphatic carbocycles. The monoisotopic (exact) mass is 200 g/mol. The van der Waals surface area contributed by atoms with E-state index in [1.807, 2.05) is 0 Å². The molecule has 0 unspecified atom stereocenters. The fourth-order valence-electron chi connectivity index (χ4n) is 1.85. The fourth-order valence-corrected chi connectivity index (χ4v) is 1.85. The molecular weight excluding hydrogens is 172 g/mol. The molecule has 1 saturated carbocycles. The lowest BCUT2D eigenvalue weighted by molar-refractivity contribution is 0.283. The van der Waals surface area contributed by atoms with E-state index in [0.29, 0.717) is 6.61 Å². The lowest BCUT2D eigenvalue weighted by Gasteiger charge is -2.15. The highest BCUT2D eigenvalue weighted by Gasteiger charge is 2.05. The van der Waals surface area contributed by atoms with E-state index in [-0.39, 0.29) is 0 Å². The highest BCUT2D eigenvalue weighted by atomic mass is 16.2. The molecule has 1 heteroatoms. The van der Waals surface area contributed by atoms with Gasteiger partial charge in [0.2, 0.25) is 0 Å². The first-order chi connectivity index (χ1) is 6.81. The summed E-state index contributed by atoms with van der Waals surface area (Å²) >= 11 is 0. The van der Waals surface area contributed by atoms with Gasteiger partial charge in [-0.1, -0.05) is 65.2 Å². The quantitative estimate of drug-likeness (QED) is 0.676. The third-order valence-corrected chi connectivity index (χ3v) is 2.91. The molecule has 0 aromatic heterocycles. The van der Waals surface area contributed by atoms with Crippen LogP contribution in [0.15, 0.2) is 0 Å². The van der Waals surface area contributed by atoms with Crippen molar-refractivity contribution in [2.24, 2.45) is 5.92 Å². The number of aliphatic hydroxyl groups excluding tert-OH is 1. The van der Waals surface area contributed by atoms with Crippen LogP contribution in [0.25, 0.3) is 0 Å². The average molecular weight is 200 g/mol. The first-order valence-electron chi connectivity index (χ1n) is 6.42. The van der Waals surface area contributed by atoms with Crippen LogP contribution in [0.5, 0.6) is 0 Å². The van der Waals surface area contributed by atoms with Gasteiger partial charge in [0.15, 0.2) is 0 Å². The van der Waals surface area contributed by atoms with Gasteiger partial charge in [0.25, 0.3) is 0 Å². The van der Waals surface area contributed by atoms with Crippen molar-refractivity contribution in [2.45, 2.75) is 71.6 Å². The first-order valence-corrected chi connectivity index (χ1v) is 6.42. The van der Waals surface area contributed by atoms with Gasteiger partial charge >= 0.3 is 0 Å². The van der Waals surface area contributed by atoms with Crippen LogP contribution < -0.4 is 0 Å². The van der Waals surface area contributed by atoms with Gasteiger partial charge in [-0.05, 0) is 12.3 Å². The Morgan fingerprint density at radius 1 is 1.00 bits per heavy atom. The molecule has 1 rings (SSSR count). The lowest BCUT2D eigenvalue weighted by Crippen LogP contribution is -1.99. The van der Waals surface area contributed by atoms with E-state index in [9.17, 15) is 0 Å². The summed E-state index contributed by atoms with van der Waals surface area (Å²) in [5.41, 5.74) is 0. The Morgan fingerprint density at radius 2 is 1.64 bits per heavy atom. The van der Waals surface area contributed by atoms with Crippen LogP contribution in [-0.2, 0) is 0 Å². The fraction of sp³-hybridized carbons (Fsp3) is 1.00. The van der Waals surface area contributed by atoms with Crippen molar-refractivity contribution in [3.8, 4) is 0 Å². The zero-order valence-corrected chi connectivity index (χ0v) is 10.1. The Morgan fingerprint density at radius 3 is 2.00 bits per heavy atom. The number of unbranched alkanes of at least 4 members (excludes halogenated alkanes) is 3. The Bertz CT molecular complexity index is 91.4. The Hall–Kier alpha value is -0.0400. The summed E-state index contributed by atoms with van der Waals surface area (Å²) in [4.78, 5) is 0. The second-order valence-corrected chi connectivity index (χ2v) is 4.53. The predicted molar refractivity (Wildman–Crippen MR) is 63.5 cm³/mol. The second kappa shape index (κ2) is 11.0. The Labute approximate surface area is 89.9 Å². The summed E-state index contributed by atoms with van der Waals surface area (Å²) < 4.78 is 0. The van der Waals surface area contributed by atoms with Crippen molar-refractivity contribution in [1.82, 2.24) is 0 Å². The normalized spacial score (nSPS) is 17.4. The van der Waals surface area contributed by atoms with Crippen molar-refractivity contribution in [3.05, 3.63) is 0 Å².